The molecule has 1 fully saturated rings. The predicted molar refractivity (Wildman–Crippen MR) is 125 cm³/mol. The summed E-state index contributed by atoms with van der Waals surface area (Å²) in [5.41, 5.74) is 2.80. The first-order valence-corrected chi connectivity index (χ1v) is 12.8. The molecule has 4 heterocycles. The van der Waals surface area contributed by atoms with Gasteiger partial charge >= 0.3 is 0 Å². The molecule has 0 aromatic carbocycles. The lowest BCUT2D eigenvalue weighted by molar-refractivity contribution is 0.143. The van der Waals surface area contributed by atoms with Crippen LogP contribution in [0.5, 0.6) is 0 Å². The van der Waals surface area contributed by atoms with Crippen LogP contribution >= 0.6 is 11.6 Å². The average molecular weight is 475 g/mol. The Morgan fingerprint density at radius 3 is 2.66 bits per heavy atom. The van der Waals surface area contributed by atoms with Crippen molar-refractivity contribution < 1.29 is 9.32 Å². The zero-order valence-electron chi connectivity index (χ0n) is 18.1. The number of halogens is 1. The Morgan fingerprint density at radius 2 is 2.00 bits per heavy atom. The van der Waals surface area contributed by atoms with Gasteiger partial charge in [-0.25, -0.2) is 15.0 Å². The fourth-order valence-corrected chi connectivity index (χ4v) is 6.06. The van der Waals surface area contributed by atoms with Gasteiger partial charge in [-0.2, -0.15) is 4.98 Å². The lowest BCUT2D eigenvalue weighted by atomic mass is 9.77. The molecular weight excluding hydrogens is 448 g/mol. The minimum atomic E-state index is -1.12. The standard InChI is InChI=1S/C22H27ClN6O2S/c1-14-12-29(8-5-16(14)19-24-10-15(23)11-25-19)21-26-17-4-2-9-32(31)18(17)20(27-21)28-22(13-30)6-3-7-22/h10-11,30H,2-9,12-13H2,1H3,(H,26,27,28). The second kappa shape index (κ2) is 8.68. The molecule has 170 valence electrons. The van der Waals surface area contributed by atoms with Crippen LogP contribution < -0.4 is 10.2 Å². The maximum Gasteiger partial charge on any atom is 0.227 e. The molecule has 0 radical (unpaired) electrons. The van der Waals surface area contributed by atoms with Gasteiger partial charge in [-0.1, -0.05) is 11.6 Å². The van der Waals surface area contributed by atoms with Crippen LogP contribution in [0.4, 0.5) is 11.8 Å². The molecule has 8 nitrogen and oxygen atoms in total. The summed E-state index contributed by atoms with van der Waals surface area (Å²) in [6.07, 6.45) is 8.53. The van der Waals surface area contributed by atoms with Gasteiger partial charge in [0.25, 0.3) is 0 Å². The number of hydrogen-bond acceptors (Lipinski definition) is 8. The second-order valence-electron chi connectivity index (χ2n) is 8.87. The summed E-state index contributed by atoms with van der Waals surface area (Å²) in [5.74, 6) is 2.62. The maximum atomic E-state index is 12.8. The Hall–Kier alpha value is -2.10. The lowest BCUT2D eigenvalue weighted by Crippen LogP contribution is -2.49. The van der Waals surface area contributed by atoms with Gasteiger partial charge in [-0.3, -0.25) is 4.21 Å². The van der Waals surface area contributed by atoms with Gasteiger partial charge in [0.2, 0.25) is 5.95 Å². The van der Waals surface area contributed by atoms with Gasteiger partial charge < -0.3 is 15.3 Å². The van der Waals surface area contributed by atoms with Crippen LogP contribution in [0.1, 0.15) is 50.5 Å². The molecule has 32 heavy (non-hydrogen) atoms. The van der Waals surface area contributed by atoms with Crippen LogP contribution in [-0.4, -0.2) is 60.2 Å². The number of nitrogens with one attached hydrogen (secondary N) is 1. The minimum absolute atomic E-state index is 0.0454. The molecule has 2 N–H and O–H groups in total. The van der Waals surface area contributed by atoms with Crippen molar-refractivity contribution in [2.24, 2.45) is 0 Å². The van der Waals surface area contributed by atoms with Gasteiger partial charge in [-0.15, -0.1) is 0 Å². The fourth-order valence-electron chi connectivity index (χ4n) is 4.63. The van der Waals surface area contributed by atoms with E-state index in [9.17, 15) is 9.32 Å². The first-order valence-electron chi connectivity index (χ1n) is 11.1. The molecule has 5 rings (SSSR count). The van der Waals surface area contributed by atoms with Crippen LogP contribution in [-0.2, 0) is 17.2 Å². The zero-order chi connectivity index (χ0) is 22.3. The molecule has 10 heteroatoms. The first-order chi connectivity index (χ1) is 15.5. The van der Waals surface area contributed by atoms with Gasteiger partial charge in [0.1, 0.15) is 10.7 Å². The molecule has 0 saturated heterocycles. The topological polar surface area (TPSA) is 104 Å². The molecule has 3 aliphatic rings. The summed E-state index contributed by atoms with van der Waals surface area (Å²) < 4.78 is 12.8. The molecule has 1 unspecified atom stereocenters. The van der Waals surface area contributed by atoms with Crippen LogP contribution in [0.25, 0.3) is 5.57 Å². The van der Waals surface area contributed by atoms with Crippen molar-refractivity contribution in [3.8, 4) is 0 Å². The highest BCUT2D eigenvalue weighted by Crippen LogP contribution is 2.38. The normalized spacial score (nSPS) is 22.3. The van der Waals surface area contributed by atoms with Crippen LogP contribution in [0.2, 0.25) is 5.02 Å². The van der Waals surface area contributed by atoms with Gasteiger partial charge in [0, 0.05) is 31.2 Å². The number of aromatic nitrogens is 4. The molecule has 1 atom stereocenters. The summed E-state index contributed by atoms with van der Waals surface area (Å²) in [6.45, 7) is 3.55. The highest BCUT2D eigenvalue weighted by Gasteiger charge is 2.38. The SMILES string of the molecule is CC1=C(c2ncc(Cl)cn2)CCN(c2nc3c(c(NC4(CO)CCC4)n2)S(=O)CCC3)C1. The van der Waals surface area contributed by atoms with E-state index in [0.29, 0.717) is 34.9 Å². The van der Waals surface area contributed by atoms with Crippen molar-refractivity contribution in [3.63, 3.8) is 0 Å². The number of aliphatic hydroxyl groups is 1. The molecule has 2 aromatic rings. The zero-order valence-corrected chi connectivity index (χ0v) is 19.7. The van der Waals surface area contributed by atoms with Crippen molar-refractivity contribution in [1.82, 2.24) is 19.9 Å². The monoisotopic (exact) mass is 474 g/mol. The van der Waals surface area contributed by atoms with Crippen molar-refractivity contribution in [3.05, 3.63) is 34.5 Å². The third kappa shape index (κ3) is 4.02. The Balaban J connectivity index is 1.47. The van der Waals surface area contributed by atoms with Crippen LogP contribution in [0.3, 0.4) is 0 Å². The van der Waals surface area contributed by atoms with E-state index in [-0.39, 0.29) is 12.1 Å². The van der Waals surface area contributed by atoms with Gasteiger partial charge in [0.05, 0.1) is 33.7 Å². The fraction of sp³-hybridized carbons (Fsp3) is 0.545. The minimum Gasteiger partial charge on any atom is -0.394 e. The highest BCUT2D eigenvalue weighted by molar-refractivity contribution is 7.85. The average Bonchev–Trinajstić information content (AvgIpc) is 2.77. The Morgan fingerprint density at radius 1 is 1.22 bits per heavy atom. The highest BCUT2D eigenvalue weighted by atomic mass is 35.5. The Kier molecular flexibility index (Phi) is 5.90. The van der Waals surface area contributed by atoms with Crippen LogP contribution in [0.15, 0.2) is 22.9 Å². The molecule has 1 aliphatic carbocycles. The molecule has 2 aromatic heterocycles. The summed E-state index contributed by atoms with van der Waals surface area (Å²) in [6, 6.07) is 0. The van der Waals surface area contributed by atoms with E-state index in [0.717, 1.165) is 61.2 Å². The molecule has 0 bridgehead atoms. The van der Waals surface area contributed by atoms with E-state index in [4.69, 9.17) is 21.6 Å². The Bertz CT molecular complexity index is 1080. The number of hydrogen-bond donors (Lipinski definition) is 2. The molecule has 0 amide bonds. The number of nitrogens with zero attached hydrogens (tertiary/aromatic N) is 5. The molecule has 1 saturated carbocycles. The predicted octanol–water partition coefficient (Wildman–Crippen LogP) is 2.98. The quantitative estimate of drug-likeness (QED) is 0.681. The van der Waals surface area contributed by atoms with E-state index in [1.54, 1.807) is 12.4 Å². The maximum absolute atomic E-state index is 12.8. The summed E-state index contributed by atoms with van der Waals surface area (Å²) in [4.78, 5) is 21.3. The van der Waals surface area contributed by atoms with E-state index in [1.165, 1.54) is 5.57 Å². The van der Waals surface area contributed by atoms with E-state index < -0.39 is 10.8 Å². The van der Waals surface area contributed by atoms with E-state index in [1.807, 2.05) is 0 Å². The van der Waals surface area contributed by atoms with E-state index in [2.05, 4.69) is 27.1 Å². The van der Waals surface area contributed by atoms with Crippen molar-refractivity contribution in [2.45, 2.75) is 55.9 Å². The number of aryl methyl sites for hydroxylation is 1. The Labute approximate surface area is 195 Å². The molecule has 0 spiro atoms. The van der Waals surface area contributed by atoms with Gasteiger partial charge in [-0.05, 0) is 56.6 Å². The summed E-state index contributed by atoms with van der Waals surface area (Å²) in [7, 11) is -1.12. The molecule has 2 aliphatic heterocycles. The van der Waals surface area contributed by atoms with Crippen molar-refractivity contribution >= 4 is 39.7 Å². The number of aliphatic hydroxyl groups excluding tert-OH is 1. The second-order valence-corrected chi connectivity index (χ2v) is 10.8. The third-order valence-electron chi connectivity index (χ3n) is 6.64. The first kappa shape index (κ1) is 21.7. The summed E-state index contributed by atoms with van der Waals surface area (Å²) >= 11 is 5.94. The largest absolute Gasteiger partial charge is 0.394 e. The number of anilines is 2. The number of rotatable bonds is 5. The lowest BCUT2D eigenvalue weighted by Gasteiger charge is -2.42. The molecular formula is C22H27ClN6O2S. The third-order valence-corrected chi connectivity index (χ3v) is 8.38. The van der Waals surface area contributed by atoms with Crippen molar-refractivity contribution in [1.29, 1.82) is 0 Å². The number of fused-ring (bicyclic) bond motifs is 1. The smallest absolute Gasteiger partial charge is 0.227 e. The van der Waals surface area contributed by atoms with Gasteiger partial charge in [0.15, 0.2) is 5.82 Å². The van der Waals surface area contributed by atoms with Crippen molar-refractivity contribution in [2.75, 3.05) is 35.7 Å². The van der Waals surface area contributed by atoms with E-state index >= 15 is 0 Å². The van der Waals surface area contributed by atoms with Crippen LogP contribution in [0, 0.1) is 0 Å². The summed E-state index contributed by atoms with van der Waals surface area (Å²) in [5, 5.41) is 13.9.